The molecular weight excluding hydrogens is 360 g/mol. The minimum absolute atomic E-state index is 0.116. The van der Waals surface area contributed by atoms with Crippen LogP contribution in [0.15, 0.2) is 67.0 Å². The zero-order chi connectivity index (χ0) is 20.9. The van der Waals surface area contributed by atoms with Crippen molar-refractivity contribution in [2.45, 2.75) is 39.7 Å². The van der Waals surface area contributed by atoms with Crippen LogP contribution in [0.25, 0.3) is 0 Å². The van der Waals surface area contributed by atoms with Crippen LogP contribution in [0.1, 0.15) is 49.3 Å². The minimum atomic E-state index is -0.120. The number of hydrogen-bond donors (Lipinski definition) is 1. The lowest BCUT2D eigenvalue weighted by Gasteiger charge is -2.20. The number of rotatable bonds is 6. The second kappa shape index (κ2) is 8.86. The van der Waals surface area contributed by atoms with Crippen molar-refractivity contribution in [3.05, 3.63) is 83.8 Å². The predicted molar refractivity (Wildman–Crippen MR) is 117 cm³/mol. The highest BCUT2D eigenvalue weighted by Crippen LogP contribution is 2.24. The Hall–Kier alpha value is -3.21. The normalized spacial score (nSPS) is 11.2. The topological polar surface area (TPSA) is 58.1 Å². The zero-order valence-corrected chi connectivity index (χ0v) is 17.5. The van der Waals surface area contributed by atoms with Crippen LogP contribution in [-0.2, 0) is 12.0 Å². The molecule has 0 atom stereocenters. The minimum Gasteiger partial charge on any atom is -0.339 e. The Kier molecular flexibility index (Phi) is 6.27. The van der Waals surface area contributed by atoms with Crippen molar-refractivity contribution < 1.29 is 4.79 Å². The molecule has 1 amide bonds. The van der Waals surface area contributed by atoms with Crippen molar-refractivity contribution in [1.29, 1.82) is 0 Å². The molecule has 3 rings (SSSR count). The average molecular weight is 389 g/mol. The van der Waals surface area contributed by atoms with Gasteiger partial charge in [0, 0.05) is 18.8 Å². The van der Waals surface area contributed by atoms with Gasteiger partial charge >= 0.3 is 0 Å². The van der Waals surface area contributed by atoms with Gasteiger partial charge in [-0.1, -0.05) is 63.2 Å². The number of carbonyl (C=O) groups is 1. The molecule has 0 aliphatic carbocycles. The highest BCUT2D eigenvalue weighted by atomic mass is 16.2. The fourth-order valence-electron chi connectivity index (χ4n) is 3.00. The Labute approximate surface area is 172 Å². The number of nitrogens with one attached hydrogen (secondary N) is 1. The molecule has 150 valence electrons. The summed E-state index contributed by atoms with van der Waals surface area (Å²) in [6, 6.07) is 18.2. The number of hydrogen-bond acceptors (Lipinski definition) is 4. The molecule has 1 aromatic heterocycles. The van der Waals surface area contributed by atoms with Gasteiger partial charge in [-0.3, -0.25) is 4.79 Å². The first-order valence-electron chi connectivity index (χ1n) is 9.89. The van der Waals surface area contributed by atoms with Gasteiger partial charge in [0.05, 0.1) is 12.4 Å². The maximum atomic E-state index is 12.8. The van der Waals surface area contributed by atoms with Crippen molar-refractivity contribution in [2.24, 2.45) is 0 Å². The first-order valence-corrected chi connectivity index (χ1v) is 9.89. The summed E-state index contributed by atoms with van der Waals surface area (Å²) in [5, 5.41) is 3.23. The van der Waals surface area contributed by atoms with Crippen LogP contribution in [0.5, 0.6) is 0 Å². The molecule has 0 aliphatic heterocycles. The second-order valence-corrected chi connectivity index (χ2v) is 8.04. The van der Waals surface area contributed by atoms with E-state index in [0.29, 0.717) is 24.6 Å². The maximum absolute atomic E-state index is 12.8. The second-order valence-electron chi connectivity index (χ2n) is 8.04. The van der Waals surface area contributed by atoms with E-state index in [-0.39, 0.29) is 11.3 Å². The van der Waals surface area contributed by atoms with Gasteiger partial charge in [0.2, 0.25) is 0 Å². The van der Waals surface area contributed by atoms with Gasteiger partial charge in [-0.05, 0) is 35.6 Å². The van der Waals surface area contributed by atoms with E-state index in [1.807, 2.05) is 49.4 Å². The van der Waals surface area contributed by atoms with Gasteiger partial charge in [-0.25, -0.2) is 9.97 Å². The molecule has 1 N–H and O–H groups in total. The van der Waals surface area contributed by atoms with Crippen LogP contribution in [0, 0.1) is 0 Å². The number of anilines is 2. The van der Waals surface area contributed by atoms with Crippen molar-refractivity contribution in [2.75, 3.05) is 11.9 Å². The molecule has 0 saturated heterocycles. The summed E-state index contributed by atoms with van der Waals surface area (Å²) >= 11 is 0. The summed E-state index contributed by atoms with van der Waals surface area (Å²) in [5.74, 6) is 0.487. The highest BCUT2D eigenvalue weighted by molar-refractivity contribution is 5.92. The Morgan fingerprint density at radius 2 is 1.66 bits per heavy atom. The molecular formula is C24H28N4O. The Balaban J connectivity index is 1.66. The third kappa shape index (κ3) is 5.41. The quantitative estimate of drug-likeness (QED) is 0.632. The van der Waals surface area contributed by atoms with Gasteiger partial charge in [-0.15, -0.1) is 0 Å². The lowest BCUT2D eigenvalue weighted by Crippen LogP contribution is -2.31. The molecule has 0 spiro atoms. The standard InChI is InChI=1S/C24H28N4O/c1-5-28(17-18-9-7-6-8-10-18)23(29)21-15-26-22(16-25-21)27-20-13-11-19(12-14-20)24(2,3)4/h6-16H,5,17H2,1-4H3,(H,26,27). The van der Waals surface area contributed by atoms with Crippen LogP contribution in [-0.4, -0.2) is 27.3 Å². The zero-order valence-electron chi connectivity index (χ0n) is 17.5. The van der Waals surface area contributed by atoms with Gasteiger partial charge in [0.1, 0.15) is 11.5 Å². The third-order valence-corrected chi connectivity index (χ3v) is 4.78. The monoisotopic (exact) mass is 388 g/mol. The third-order valence-electron chi connectivity index (χ3n) is 4.78. The van der Waals surface area contributed by atoms with Crippen LogP contribution >= 0.6 is 0 Å². The van der Waals surface area contributed by atoms with E-state index in [1.54, 1.807) is 11.1 Å². The molecule has 0 saturated carbocycles. The van der Waals surface area contributed by atoms with E-state index in [4.69, 9.17) is 0 Å². The maximum Gasteiger partial charge on any atom is 0.274 e. The molecule has 0 bridgehead atoms. The molecule has 5 nitrogen and oxygen atoms in total. The summed E-state index contributed by atoms with van der Waals surface area (Å²) in [4.78, 5) is 23.2. The van der Waals surface area contributed by atoms with Gasteiger partial charge < -0.3 is 10.2 Å². The van der Waals surface area contributed by atoms with Crippen molar-refractivity contribution in [1.82, 2.24) is 14.9 Å². The van der Waals surface area contributed by atoms with Crippen LogP contribution in [0.3, 0.4) is 0 Å². The number of carbonyl (C=O) groups excluding carboxylic acids is 1. The molecule has 1 heterocycles. The van der Waals surface area contributed by atoms with E-state index >= 15 is 0 Å². The van der Waals surface area contributed by atoms with Crippen molar-refractivity contribution in [3.8, 4) is 0 Å². The van der Waals surface area contributed by atoms with Gasteiger partial charge in [-0.2, -0.15) is 0 Å². The highest BCUT2D eigenvalue weighted by Gasteiger charge is 2.17. The summed E-state index contributed by atoms with van der Waals surface area (Å²) in [6.45, 7) is 9.69. The number of amides is 1. The van der Waals surface area contributed by atoms with Crippen molar-refractivity contribution in [3.63, 3.8) is 0 Å². The molecule has 0 aliphatic rings. The predicted octanol–water partition coefficient (Wildman–Crippen LogP) is 5.18. The Bertz CT molecular complexity index is 929. The lowest BCUT2D eigenvalue weighted by molar-refractivity contribution is 0.0746. The van der Waals surface area contributed by atoms with E-state index in [2.05, 4.69) is 48.2 Å². The molecule has 2 aromatic carbocycles. The number of nitrogens with zero attached hydrogens (tertiary/aromatic N) is 3. The first-order chi connectivity index (χ1) is 13.9. The summed E-state index contributed by atoms with van der Waals surface area (Å²) in [6.07, 6.45) is 3.13. The van der Waals surface area contributed by atoms with E-state index in [1.165, 1.54) is 11.8 Å². The van der Waals surface area contributed by atoms with Crippen LogP contribution in [0.4, 0.5) is 11.5 Å². The van der Waals surface area contributed by atoms with E-state index in [9.17, 15) is 4.79 Å². The van der Waals surface area contributed by atoms with E-state index < -0.39 is 0 Å². The Morgan fingerprint density at radius 3 is 2.21 bits per heavy atom. The number of aromatic nitrogens is 2. The fourth-order valence-corrected chi connectivity index (χ4v) is 3.00. The van der Waals surface area contributed by atoms with Gasteiger partial charge in [0.15, 0.2) is 0 Å². The molecule has 3 aromatic rings. The van der Waals surface area contributed by atoms with Crippen molar-refractivity contribution >= 4 is 17.4 Å². The largest absolute Gasteiger partial charge is 0.339 e. The molecule has 0 radical (unpaired) electrons. The van der Waals surface area contributed by atoms with Crippen LogP contribution in [0.2, 0.25) is 0 Å². The molecule has 29 heavy (non-hydrogen) atoms. The molecule has 0 fully saturated rings. The Morgan fingerprint density at radius 1 is 0.966 bits per heavy atom. The SMILES string of the molecule is CCN(Cc1ccccc1)C(=O)c1cnc(Nc2ccc(C(C)(C)C)cc2)cn1. The smallest absolute Gasteiger partial charge is 0.274 e. The lowest BCUT2D eigenvalue weighted by atomic mass is 9.87. The van der Waals surface area contributed by atoms with Gasteiger partial charge in [0.25, 0.3) is 5.91 Å². The summed E-state index contributed by atoms with van der Waals surface area (Å²) in [7, 11) is 0. The molecule has 5 heteroatoms. The summed E-state index contributed by atoms with van der Waals surface area (Å²) < 4.78 is 0. The van der Waals surface area contributed by atoms with E-state index in [0.717, 1.165) is 11.3 Å². The molecule has 0 unspecified atom stereocenters. The average Bonchev–Trinajstić information content (AvgIpc) is 2.72. The first kappa shape index (κ1) is 20.5. The fraction of sp³-hybridized carbons (Fsp3) is 0.292. The van der Waals surface area contributed by atoms with Crippen LogP contribution < -0.4 is 5.32 Å². The summed E-state index contributed by atoms with van der Waals surface area (Å²) in [5.41, 5.74) is 3.76. The number of benzene rings is 2.